The summed E-state index contributed by atoms with van der Waals surface area (Å²) in [4.78, 5) is 8.93. The minimum atomic E-state index is -0.201. The Morgan fingerprint density at radius 1 is 1.26 bits per heavy atom. The van der Waals surface area contributed by atoms with Crippen molar-refractivity contribution in [1.29, 1.82) is 0 Å². The number of aromatic nitrogens is 2. The maximum atomic E-state index is 9.43. The molecule has 0 aliphatic rings. The zero-order chi connectivity index (χ0) is 16.8. The monoisotopic (exact) mass is 378 g/mol. The van der Waals surface area contributed by atoms with E-state index in [9.17, 15) is 5.11 Å². The Hall–Kier alpha value is -1.50. The Balaban J connectivity index is 2.26. The topological polar surface area (TPSA) is 70.1 Å². The van der Waals surface area contributed by atoms with E-state index in [1.807, 2.05) is 19.1 Å². The summed E-state index contributed by atoms with van der Waals surface area (Å²) in [6.45, 7) is 4.07. The van der Waals surface area contributed by atoms with E-state index in [1.54, 1.807) is 7.05 Å². The molecule has 0 amide bonds. The molecule has 1 aromatic heterocycles. The van der Waals surface area contributed by atoms with Crippen LogP contribution in [0.5, 0.6) is 0 Å². The van der Waals surface area contributed by atoms with Crippen molar-refractivity contribution in [1.82, 2.24) is 15.3 Å². The van der Waals surface area contributed by atoms with E-state index >= 15 is 0 Å². The number of hydrogen-bond acceptors (Lipinski definition) is 5. The minimum absolute atomic E-state index is 0.0121. The number of halogens is 1. The van der Waals surface area contributed by atoms with E-state index in [-0.39, 0.29) is 12.6 Å². The molecule has 6 heteroatoms. The van der Waals surface area contributed by atoms with Gasteiger partial charge in [-0.25, -0.2) is 9.97 Å². The van der Waals surface area contributed by atoms with Crippen molar-refractivity contribution < 1.29 is 5.11 Å². The summed E-state index contributed by atoms with van der Waals surface area (Å²) in [5.41, 5.74) is 3.84. The molecule has 1 unspecified atom stereocenters. The van der Waals surface area contributed by atoms with E-state index < -0.39 is 0 Å². The van der Waals surface area contributed by atoms with Gasteiger partial charge in [0, 0.05) is 10.2 Å². The number of likely N-dealkylation sites (N-methyl/N-ethyl adjacent to an activating group) is 1. The van der Waals surface area contributed by atoms with E-state index in [0.717, 1.165) is 34.4 Å². The van der Waals surface area contributed by atoms with Gasteiger partial charge >= 0.3 is 0 Å². The van der Waals surface area contributed by atoms with Gasteiger partial charge in [0.15, 0.2) is 0 Å². The summed E-state index contributed by atoms with van der Waals surface area (Å²) in [6, 6.07) is 7.93. The third-order valence-electron chi connectivity index (χ3n) is 3.58. The highest BCUT2D eigenvalue weighted by molar-refractivity contribution is 9.10. The number of hydrogen-bond donors (Lipinski definition) is 3. The molecule has 124 valence electrons. The van der Waals surface area contributed by atoms with Crippen LogP contribution in [0.25, 0.3) is 0 Å². The Labute approximate surface area is 145 Å². The lowest BCUT2D eigenvalue weighted by Crippen LogP contribution is -2.22. The van der Waals surface area contributed by atoms with Crippen molar-refractivity contribution in [2.24, 2.45) is 0 Å². The Morgan fingerprint density at radius 2 is 2.04 bits per heavy atom. The van der Waals surface area contributed by atoms with Crippen molar-refractivity contribution in [3.05, 3.63) is 45.7 Å². The molecule has 0 radical (unpaired) electrons. The molecule has 2 aromatic rings. The van der Waals surface area contributed by atoms with Gasteiger partial charge in [0.25, 0.3) is 0 Å². The van der Waals surface area contributed by atoms with Crippen LogP contribution >= 0.6 is 15.9 Å². The van der Waals surface area contributed by atoms with E-state index in [1.165, 1.54) is 5.56 Å². The highest BCUT2D eigenvalue weighted by Gasteiger charge is 2.12. The van der Waals surface area contributed by atoms with Crippen molar-refractivity contribution in [3.63, 3.8) is 0 Å². The Bertz CT molecular complexity index is 659. The molecule has 0 saturated heterocycles. The largest absolute Gasteiger partial charge is 0.394 e. The highest BCUT2D eigenvalue weighted by Crippen LogP contribution is 2.27. The normalized spacial score (nSPS) is 12.2. The zero-order valence-corrected chi connectivity index (χ0v) is 15.3. The fraction of sp³-hybridized carbons (Fsp3) is 0.412. The quantitative estimate of drug-likeness (QED) is 0.687. The summed E-state index contributed by atoms with van der Waals surface area (Å²) in [5.74, 6) is 0.526. The molecule has 0 fully saturated rings. The fourth-order valence-corrected chi connectivity index (χ4v) is 2.91. The molecule has 0 spiro atoms. The van der Waals surface area contributed by atoms with Crippen molar-refractivity contribution in [2.75, 3.05) is 19.0 Å². The molecule has 23 heavy (non-hydrogen) atoms. The van der Waals surface area contributed by atoms with Gasteiger partial charge in [-0.1, -0.05) is 19.4 Å². The first-order valence-electron chi connectivity index (χ1n) is 7.76. The van der Waals surface area contributed by atoms with Gasteiger partial charge < -0.3 is 15.7 Å². The van der Waals surface area contributed by atoms with E-state index in [2.05, 4.69) is 55.6 Å². The molecule has 0 aliphatic heterocycles. The second-order valence-corrected chi connectivity index (χ2v) is 6.33. The lowest BCUT2D eigenvalue weighted by molar-refractivity contribution is 0.248. The highest BCUT2D eigenvalue weighted by atomic mass is 79.9. The van der Waals surface area contributed by atoms with Gasteiger partial charge in [-0.15, -0.1) is 0 Å². The van der Waals surface area contributed by atoms with Crippen molar-refractivity contribution in [3.8, 4) is 0 Å². The lowest BCUT2D eigenvalue weighted by Gasteiger charge is -2.15. The van der Waals surface area contributed by atoms with Gasteiger partial charge in [-0.05, 0) is 60.1 Å². The van der Waals surface area contributed by atoms with E-state index in [0.29, 0.717) is 5.95 Å². The predicted molar refractivity (Wildman–Crippen MR) is 97.1 cm³/mol. The molecule has 3 N–H and O–H groups in total. The predicted octanol–water partition coefficient (Wildman–Crippen LogP) is 3.50. The Morgan fingerprint density at radius 3 is 2.65 bits per heavy atom. The summed E-state index contributed by atoms with van der Waals surface area (Å²) in [6.07, 6.45) is 2.18. The van der Waals surface area contributed by atoms with Crippen LogP contribution in [0.1, 0.15) is 36.3 Å². The van der Waals surface area contributed by atoms with Crippen molar-refractivity contribution in [2.45, 2.75) is 32.7 Å². The van der Waals surface area contributed by atoms with E-state index in [4.69, 9.17) is 0 Å². The molecule has 2 rings (SSSR count). The van der Waals surface area contributed by atoms with Crippen LogP contribution in [0.3, 0.4) is 0 Å². The SMILES string of the molecule is CCCc1ccc(Nc2nc(C)cc(C(CO)NC)n2)c(Br)c1. The third kappa shape index (κ3) is 4.73. The maximum Gasteiger partial charge on any atom is 0.227 e. The number of anilines is 2. The first kappa shape index (κ1) is 17.8. The third-order valence-corrected chi connectivity index (χ3v) is 4.24. The summed E-state index contributed by atoms with van der Waals surface area (Å²) in [5, 5.41) is 15.7. The average Bonchev–Trinajstić information content (AvgIpc) is 2.51. The molecule has 0 saturated carbocycles. The molecule has 1 heterocycles. The second kappa shape index (κ2) is 8.38. The van der Waals surface area contributed by atoms with Crippen LogP contribution in [0.4, 0.5) is 11.6 Å². The average molecular weight is 379 g/mol. The molecule has 0 aliphatic carbocycles. The summed E-state index contributed by atoms with van der Waals surface area (Å²) < 4.78 is 0.988. The molecule has 0 bridgehead atoms. The van der Waals surface area contributed by atoms with Crippen LogP contribution in [-0.4, -0.2) is 28.7 Å². The zero-order valence-electron chi connectivity index (χ0n) is 13.7. The second-order valence-electron chi connectivity index (χ2n) is 5.47. The first-order valence-corrected chi connectivity index (χ1v) is 8.55. The van der Waals surface area contributed by atoms with Crippen molar-refractivity contribution >= 4 is 27.6 Å². The van der Waals surface area contributed by atoms with Gasteiger partial charge in [0.1, 0.15) is 0 Å². The number of benzene rings is 1. The minimum Gasteiger partial charge on any atom is -0.394 e. The maximum absolute atomic E-state index is 9.43. The molecule has 5 nitrogen and oxygen atoms in total. The van der Waals surface area contributed by atoms with Crippen LogP contribution in [-0.2, 0) is 6.42 Å². The van der Waals surface area contributed by atoms with Crippen LogP contribution < -0.4 is 10.6 Å². The smallest absolute Gasteiger partial charge is 0.227 e. The number of aryl methyl sites for hydroxylation is 2. The molecular formula is C17H23BrN4O. The molecule has 1 atom stereocenters. The number of rotatable bonds is 7. The summed E-state index contributed by atoms with van der Waals surface area (Å²) >= 11 is 3.60. The Kier molecular flexibility index (Phi) is 6.50. The van der Waals surface area contributed by atoms with Crippen LogP contribution in [0, 0.1) is 6.92 Å². The van der Waals surface area contributed by atoms with Gasteiger partial charge in [-0.3, -0.25) is 0 Å². The number of aliphatic hydroxyl groups excluding tert-OH is 1. The van der Waals surface area contributed by atoms with Gasteiger partial charge in [0.05, 0.1) is 24.0 Å². The van der Waals surface area contributed by atoms with Crippen LogP contribution in [0.2, 0.25) is 0 Å². The molecule has 1 aromatic carbocycles. The fourth-order valence-electron chi connectivity index (χ4n) is 2.38. The standard InChI is InChI=1S/C17H23BrN4O/c1-4-5-12-6-7-14(13(18)9-12)21-17-20-11(2)8-15(22-17)16(10-23)19-3/h6-9,16,19,23H,4-5,10H2,1-3H3,(H,20,21,22). The lowest BCUT2D eigenvalue weighted by atomic mass is 10.1. The van der Waals surface area contributed by atoms with Gasteiger partial charge in [0.2, 0.25) is 5.95 Å². The number of aliphatic hydroxyl groups is 1. The van der Waals surface area contributed by atoms with Crippen LogP contribution in [0.15, 0.2) is 28.7 Å². The first-order chi connectivity index (χ1) is 11.1. The summed E-state index contributed by atoms with van der Waals surface area (Å²) in [7, 11) is 1.80. The number of nitrogens with zero attached hydrogens (tertiary/aromatic N) is 2. The number of nitrogens with one attached hydrogen (secondary N) is 2. The van der Waals surface area contributed by atoms with Gasteiger partial charge in [-0.2, -0.15) is 0 Å². The molecular weight excluding hydrogens is 356 g/mol.